The van der Waals surface area contributed by atoms with E-state index in [1.807, 2.05) is 17.0 Å². The zero-order chi connectivity index (χ0) is 31.9. The molecule has 2 aliphatic carbocycles. The van der Waals surface area contributed by atoms with Gasteiger partial charge in [0.15, 0.2) is 11.6 Å². The van der Waals surface area contributed by atoms with E-state index in [1.54, 1.807) is 6.07 Å². The minimum atomic E-state index is -0.343. The Labute approximate surface area is 272 Å². The minimum absolute atomic E-state index is 0.194. The highest BCUT2D eigenvalue weighted by atomic mass is 16.3. The summed E-state index contributed by atoms with van der Waals surface area (Å²) in [5, 5.41) is 6.06. The Balaban J connectivity index is 1.14. The van der Waals surface area contributed by atoms with Crippen LogP contribution in [0.5, 0.6) is 0 Å². The number of allylic oxidation sites excluding steroid dienone is 6. The van der Waals surface area contributed by atoms with Gasteiger partial charge in [-0.3, -0.25) is 14.4 Å². The smallest absolute Gasteiger partial charge is 0.277 e. The van der Waals surface area contributed by atoms with E-state index in [-0.39, 0.29) is 23.4 Å². The second kappa shape index (κ2) is 15.0. The first-order chi connectivity index (χ1) is 22.4. The van der Waals surface area contributed by atoms with Crippen LogP contribution in [0.25, 0.3) is 0 Å². The second-order valence-corrected chi connectivity index (χ2v) is 13.2. The summed E-state index contributed by atoms with van der Waals surface area (Å²) in [6, 6.07) is 5.58. The number of carbonyl (C=O) groups is 3. The number of aromatic nitrogens is 1. The van der Waals surface area contributed by atoms with Crippen LogP contribution < -0.4 is 15.5 Å². The first-order valence-corrected chi connectivity index (χ1v) is 17.2. The van der Waals surface area contributed by atoms with E-state index < -0.39 is 0 Å². The van der Waals surface area contributed by atoms with Crippen molar-refractivity contribution in [3.8, 4) is 0 Å². The van der Waals surface area contributed by atoms with E-state index in [1.165, 1.54) is 17.4 Å². The van der Waals surface area contributed by atoms with Crippen molar-refractivity contribution in [1.29, 1.82) is 0 Å². The van der Waals surface area contributed by atoms with Gasteiger partial charge in [-0.1, -0.05) is 24.3 Å². The van der Waals surface area contributed by atoms with Crippen molar-refractivity contribution in [3.63, 3.8) is 0 Å². The summed E-state index contributed by atoms with van der Waals surface area (Å²) in [5.41, 5.74) is 5.07. The van der Waals surface area contributed by atoms with Crippen LogP contribution in [0.15, 0.2) is 64.3 Å². The summed E-state index contributed by atoms with van der Waals surface area (Å²) in [4.78, 5) is 47.1. The van der Waals surface area contributed by atoms with Crippen molar-refractivity contribution in [2.24, 2.45) is 5.92 Å². The highest BCUT2D eigenvalue weighted by molar-refractivity contribution is 6.06. The highest BCUT2D eigenvalue weighted by Gasteiger charge is 2.30. The number of hydrogen-bond donors (Lipinski definition) is 2. The zero-order valence-electron chi connectivity index (χ0n) is 27.1. The highest BCUT2D eigenvalue weighted by Crippen LogP contribution is 2.39. The van der Waals surface area contributed by atoms with Gasteiger partial charge in [-0.2, -0.15) is 0 Å². The third-order valence-corrected chi connectivity index (χ3v) is 9.66. The predicted octanol–water partition coefficient (Wildman–Crippen LogP) is 6.77. The normalized spacial score (nSPS) is 21.2. The Bertz CT molecular complexity index is 1520. The Kier molecular flexibility index (Phi) is 10.4. The van der Waals surface area contributed by atoms with Gasteiger partial charge in [-0.15, -0.1) is 0 Å². The molecule has 2 aliphatic heterocycles. The van der Waals surface area contributed by atoms with Gasteiger partial charge in [0.2, 0.25) is 5.91 Å². The molecule has 1 atom stereocenters. The molecule has 3 amide bonds. The second-order valence-electron chi connectivity index (χ2n) is 13.2. The summed E-state index contributed by atoms with van der Waals surface area (Å²) in [6.07, 6.45) is 21.3. The molecular weight excluding hydrogens is 578 g/mol. The Morgan fingerprint density at radius 2 is 1.93 bits per heavy atom. The monoisotopic (exact) mass is 625 g/mol. The molecule has 6 rings (SSSR count). The molecule has 2 aromatic rings. The van der Waals surface area contributed by atoms with Crippen LogP contribution in [0.4, 0.5) is 11.4 Å². The molecule has 1 aromatic carbocycles. The number of nitrogens with one attached hydrogen (secondary N) is 2. The average Bonchev–Trinajstić information content (AvgIpc) is 3.71. The van der Waals surface area contributed by atoms with Gasteiger partial charge in [0.1, 0.15) is 6.26 Å². The van der Waals surface area contributed by atoms with Gasteiger partial charge in [-0.25, -0.2) is 4.98 Å². The molecule has 9 heteroatoms. The summed E-state index contributed by atoms with van der Waals surface area (Å²) >= 11 is 0. The molecule has 4 aliphatic rings. The van der Waals surface area contributed by atoms with Crippen molar-refractivity contribution in [1.82, 2.24) is 15.2 Å². The summed E-state index contributed by atoms with van der Waals surface area (Å²) in [7, 11) is 0. The first-order valence-electron chi connectivity index (χ1n) is 17.2. The van der Waals surface area contributed by atoms with Crippen LogP contribution in [-0.2, 0) is 4.79 Å². The zero-order valence-corrected chi connectivity index (χ0v) is 27.1. The largest absolute Gasteiger partial charge is 0.448 e. The maximum absolute atomic E-state index is 13.4. The van der Waals surface area contributed by atoms with E-state index in [0.29, 0.717) is 54.9 Å². The molecule has 0 radical (unpaired) electrons. The fourth-order valence-corrected chi connectivity index (χ4v) is 6.76. The van der Waals surface area contributed by atoms with Crippen molar-refractivity contribution >= 4 is 29.1 Å². The summed E-state index contributed by atoms with van der Waals surface area (Å²) in [5.74, 6) is 1.18. The van der Waals surface area contributed by atoms with E-state index >= 15 is 0 Å². The topological polar surface area (TPSA) is 108 Å². The van der Waals surface area contributed by atoms with E-state index in [0.717, 1.165) is 83.1 Å². The number of carbonyl (C=O) groups excluding carboxylic acids is 3. The molecule has 46 heavy (non-hydrogen) atoms. The molecule has 1 saturated carbocycles. The molecule has 2 saturated heterocycles. The van der Waals surface area contributed by atoms with Gasteiger partial charge in [0.25, 0.3) is 11.8 Å². The molecule has 244 valence electrons. The fraction of sp³-hybridized carbons (Fsp3) is 0.514. The van der Waals surface area contributed by atoms with Crippen LogP contribution in [0, 0.1) is 5.92 Å². The van der Waals surface area contributed by atoms with Crippen molar-refractivity contribution < 1.29 is 18.8 Å². The lowest BCUT2D eigenvalue weighted by Crippen LogP contribution is -2.31. The molecule has 1 aromatic heterocycles. The first kappa shape index (κ1) is 31.8. The molecule has 0 spiro atoms. The SMILES string of the molecule is CC1=C/C=C\CCC=C1CC1CCCN(c2ccc(C(=O)NCCCN3CCCC3=O)cc2NC(=O)c2coc(C3CC3)n2)CC1. The van der Waals surface area contributed by atoms with Gasteiger partial charge in [0.05, 0.1) is 11.4 Å². The number of anilines is 2. The van der Waals surface area contributed by atoms with Crippen LogP contribution in [0.2, 0.25) is 0 Å². The molecule has 9 nitrogen and oxygen atoms in total. The summed E-state index contributed by atoms with van der Waals surface area (Å²) in [6.45, 7) is 5.90. The Hall–Kier alpha value is -4.14. The van der Waals surface area contributed by atoms with Crippen molar-refractivity contribution in [3.05, 3.63) is 77.1 Å². The van der Waals surface area contributed by atoms with Crippen LogP contribution >= 0.6 is 0 Å². The molecule has 2 N–H and O–H groups in total. The van der Waals surface area contributed by atoms with Crippen LogP contribution in [0.3, 0.4) is 0 Å². The van der Waals surface area contributed by atoms with E-state index in [2.05, 4.69) is 51.7 Å². The average molecular weight is 626 g/mol. The Morgan fingerprint density at radius 1 is 1.04 bits per heavy atom. The minimum Gasteiger partial charge on any atom is -0.448 e. The lowest BCUT2D eigenvalue weighted by molar-refractivity contribution is -0.127. The van der Waals surface area contributed by atoms with Crippen molar-refractivity contribution in [2.45, 2.75) is 83.5 Å². The quantitative estimate of drug-likeness (QED) is 0.267. The number of nitrogens with zero attached hydrogens (tertiary/aromatic N) is 3. The number of hydrogen-bond acceptors (Lipinski definition) is 6. The van der Waals surface area contributed by atoms with Gasteiger partial charge in [0, 0.05) is 50.6 Å². The van der Waals surface area contributed by atoms with E-state index in [4.69, 9.17) is 4.42 Å². The molecule has 0 bridgehead atoms. The number of oxazole rings is 1. The summed E-state index contributed by atoms with van der Waals surface area (Å²) < 4.78 is 5.58. The maximum Gasteiger partial charge on any atom is 0.277 e. The van der Waals surface area contributed by atoms with Crippen LogP contribution in [0.1, 0.15) is 110 Å². The van der Waals surface area contributed by atoms with Gasteiger partial charge >= 0.3 is 0 Å². The fourth-order valence-electron chi connectivity index (χ4n) is 6.76. The van der Waals surface area contributed by atoms with Gasteiger partial charge < -0.3 is 24.9 Å². The molecule has 3 heterocycles. The number of amides is 3. The molecular formula is C37H47N5O4. The standard InChI is InChI=1S/C37H47N5O4/c1-26-9-4-2-3-5-11-29(26)23-27-10-6-19-41(22-17-27)33-16-15-30(35(44)38-18-8-21-42-20-7-12-34(42)43)24-31(33)39-36(45)32-25-46-37(40-32)28-13-14-28/h2,4,9,11,15-16,24-25,27-28H,3,5-8,10,12-14,17-23H2,1H3,(H,38,44)(H,39,45)/b4-2-,26-9?,29-11?. The third kappa shape index (κ3) is 8.17. The molecule has 1 unspecified atom stereocenters. The van der Waals surface area contributed by atoms with Gasteiger partial charge in [-0.05, 0) is 106 Å². The maximum atomic E-state index is 13.4. The lowest BCUT2D eigenvalue weighted by Gasteiger charge is -2.26. The molecule has 3 fully saturated rings. The number of benzene rings is 1. The predicted molar refractivity (Wildman–Crippen MR) is 180 cm³/mol. The Morgan fingerprint density at radius 3 is 2.76 bits per heavy atom. The lowest BCUT2D eigenvalue weighted by atomic mass is 9.88. The third-order valence-electron chi connectivity index (χ3n) is 9.66. The van der Waals surface area contributed by atoms with Crippen LogP contribution in [-0.4, -0.2) is 60.3 Å². The number of likely N-dealkylation sites (tertiary alicyclic amines) is 1. The number of rotatable bonds is 11. The van der Waals surface area contributed by atoms with Crippen molar-refractivity contribution in [2.75, 3.05) is 42.9 Å². The van der Waals surface area contributed by atoms with E-state index in [9.17, 15) is 14.4 Å².